The molecule has 10 heavy (non-hydrogen) atoms. The summed E-state index contributed by atoms with van der Waals surface area (Å²) in [6.07, 6.45) is -2.25. The van der Waals surface area contributed by atoms with Gasteiger partial charge in [0.2, 0.25) is 0 Å². The Bertz CT molecular complexity index is 200. The maximum atomic E-state index is 11.7. The highest BCUT2D eigenvalue weighted by molar-refractivity contribution is 5.33. The Hall–Kier alpha value is -0.930. The van der Waals surface area contributed by atoms with Crippen molar-refractivity contribution >= 4 is 0 Å². The molecule has 0 heterocycles. The minimum atomic E-state index is -4.41. The highest BCUT2D eigenvalue weighted by atomic mass is 19.4. The van der Waals surface area contributed by atoms with Gasteiger partial charge in [-0.2, -0.15) is 13.2 Å². The molecule has 0 spiro atoms. The Morgan fingerprint density at radius 2 is 2.00 bits per heavy atom. The van der Waals surface area contributed by atoms with Gasteiger partial charge in [0, 0.05) is 6.42 Å². The van der Waals surface area contributed by atoms with Gasteiger partial charge in [0.25, 0.3) is 0 Å². The summed E-state index contributed by atoms with van der Waals surface area (Å²) in [4.78, 5) is 0. The Labute approximate surface area is 55.5 Å². The van der Waals surface area contributed by atoms with Crippen LogP contribution in [0.4, 0.5) is 13.2 Å². The molecule has 1 aliphatic rings. The Morgan fingerprint density at radius 1 is 1.40 bits per heavy atom. The monoisotopic (exact) mass is 150 g/mol. The fraction of sp³-hybridized carbons (Fsp3) is 0.333. The molecular formula is C6H5F3O. The SMILES string of the molecule is OC1=C(C(F)(F)F)C=CC1. The Balaban J connectivity index is 2.91. The summed E-state index contributed by atoms with van der Waals surface area (Å²) in [6, 6.07) is 0. The average molecular weight is 150 g/mol. The van der Waals surface area contributed by atoms with E-state index in [1.807, 2.05) is 0 Å². The molecule has 0 aromatic heterocycles. The van der Waals surface area contributed by atoms with E-state index in [0.717, 1.165) is 6.08 Å². The van der Waals surface area contributed by atoms with Crippen molar-refractivity contribution < 1.29 is 18.3 Å². The van der Waals surface area contributed by atoms with Gasteiger partial charge in [-0.1, -0.05) is 12.2 Å². The van der Waals surface area contributed by atoms with Crippen LogP contribution >= 0.6 is 0 Å². The van der Waals surface area contributed by atoms with Crippen molar-refractivity contribution in [3.63, 3.8) is 0 Å². The van der Waals surface area contributed by atoms with Crippen LogP contribution in [0.1, 0.15) is 6.42 Å². The molecule has 0 unspecified atom stereocenters. The lowest BCUT2D eigenvalue weighted by molar-refractivity contribution is -0.0904. The van der Waals surface area contributed by atoms with E-state index in [4.69, 9.17) is 5.11 Å². The lowest BCUT2D eigenvalue weighted by Crippen LogP contribution is -2.10. The van der Waals surface area contributed by atoms with E-state index in [9.17, 15) is 13.2 Å². The third-order valence-corrected chi connectivity index (χ3v) is 1.21. The zero-order valence-electron chi connectivity index (χ0n) is 4.94. The highest BCUT2D eigenvalue weighted by Gasteiger charge is 2.36. The molecule has 1 N–H and O–H groups in total. The first-order valence-corrected chi connectivity index (χ1v) is 2.67. The zero-order valence-corrected chi connectivity index (χ0v) is 4.94. The number of rotatable bonds is 0. The van der Waals surface area contributed by atoms with Crippen molar-refractivity contribution in [2.24, 2.45) is 0 Å². The quantitative estimate of drug-likeness (QED) is 0.561. The second-order valence-electron chi connectivity index (χ2n) is 1.96. The van der Waals surface area contributed by atoms with Crippen LogP contribution in [0.5, 0.6) is 0 Å². The van der Waals surface area contributed by atoms with Crippen LogP contribution in [0.15, 0.2) is 23.5 Å². The molecule has 1 aliphatic carbocycles. The number of aliphatic hydroxyl groups excluding tert-OH is 1. The molecule has 56 valence electrons. The van der Waals surface area contributed by atoms with Crippen molar-refractivity contribution in [3.05, 3.63) is 23.5 Å². The molecule has 0 radical (unpaired) electrons. The van der Waals surface area contributed by atoms with Crippen LogP contribution in [0.3, 0.4) is 0 Å². The number of halogens is 3. The van der Waals surface area contributed by atoms with Crippen LogP contribution in [-0.2, 0) is 0 Å². The molecule has 1 rings (SSSR count). The molecule has 0 atom stereocenters. The largest absolute Gasteiger partial charge is 0.511 e. The molecule has 0 aliphatic heterocycles. The standard InChI is InChI=1S/C6H5F3O/c7-6(8,9)4-2-1-3-5(4)10/h1-2,10H,3H2. The predicted molar refractivity (Wildman–Crippen MR) is 29.5 cm³/mol. The van der Waals surface area contributed by atoms with E-state index >= 15 is 0 Å². The second kappa shape index (κ2) is 2.04. The molecule has 0 saturated carbocycles. The molecule has 1 nitrogen and oxygen atoms in total. The van der Waals surface area contributed by atoms with Crippen molar-refractivity contribution in [2.45, 2.75) is 12.6 Å². The van der Waals surface area contributed by atoms with Gasteiger partial charge in [-0.25, -0.2) is 0 Å². The lowest BCUT2D eigenvalue weighted by atomic mass is 10.2. The summed E-state index contributed by atoms with van der Waals surface area (Å²) in [5, 5.41) is 8.62. The van der Waals surface area contributed by atoms with Gasteiger partial charge in [-0.3, -0.25) is 0 Å². The molecule has 0 fully saturated rings. The maximum absolute atomic E-state index is 11.7. The topological polar surface area (TPSA) is 20.2 Å². The number of aliphatic hydroxyl groups is 1. The summed E-state index contributed by atoms with van der Waals surface area (Å²) < 4.78 is 35.2. The average Bonchev–Trinajstić information content (AvgIpc) is 2.11. The van der Waals surface area contributed by atoms with Gasteiger partial charge in [0.05, 0.1) is 5.57 Å². The number of allylic oxidation sites excluding steroid dienone is 3. The fourth-order valence-corrected chi connectivity index (χ4v) is 0.753. The van der Waals surface area contributed by atoms with E-state index in [2.05, 4.69) is 0 Å². The smallest absolute Gasteiger partial charge is 0.419 e. The minimum Gasteiger partial charge on any atom is -0.511 e. The first kappa shape index (κ1) is 7.18. The van der Waals surface area contributed by atoms with Crippen LogP contribution in [-0.4, -0.2) is 11.3 Å². The van der Waals surface area contributed by atoms with E-state index < -0.39 is 17.5 Å². The van der Waals surface area contributed by atoms with Crippen molar-refractivity contribution in [1.82, 2.24) is 0 Å². The van der Waals surface area contributed by atoms with Crippen LogP contribution in [0.25, 0.3) is 0 Å². The van der Waals surface area contributed by atoms with Gasteiger partial charge in [0.1, 0.15) is 5.76 Å². The molecular weight excluding hydrogens is 145 g/mol. The fourth-order valence-electron chi connectivity index (χ4n) is 0.753. The van der Waals surface area contributed by atoms with Crippen LogP contribution < -0.4 is 0 Å². The van der Waals surface area contributed by atoms with E-state index in [1.54, 1.807) is 0 Å². The normalized spacial score (nSPS) is 18.7. The van der Waals surface area contributed by atoms with Gasteiger partial charge < -0.3 is 5.11 Å². The molecule has 4 heteroatoms. The number of alkyl halides is 3. The zero-order chi connectivity index (χ0) is 7.78. The number of hydrogen-bond donors (Lipinski definition) is 1. The number of hydrogen-bond acceptors (Lipinski definition) is 1. The molecule has 0 aromatic carbocycles. The third-order valence-electron chi connectivity index (χ3n) is 1.21. The van der Waals surface area contributed by atoms with Gasteiger partial charge >= 0.3 is 6.18 Å². The van der Waals surface area contributed by atoms with E-state index in [0.29, 0.717) is 0 Å². The van der Waals surface area contributed by atoms with Crippen LogP contribution in [0, 0.1) is 0 Å². The summed E-state index contributed by atoms with van der Waals surface area (Å²) in [5.74, 6) is -0.590. The van der Waals surface area contributed by atoms with E-state index in [-0.39, 0.29) is 6.42 Å². The van der Waals surface area contributed by atoms with Crippen molar-refractivity contribution in [2.75, 3.05) is 0 Å². The summed E-state index contributed by atoms with van der Waals surface area (Å²) in [6.45, 7) is 0. The van der Waals surface area contributed by atoms with Gasteiger partial charge in [-0.05, 0) is 0 Å². The van der Waals surface area contributed by atoms with Crippen molar-refractivity contribution in [3.8, 4) is 0 Å². The highest BCUT2D eigenvalue weighted by Crippen LogP contribution is 2.32. The van der Waals surface area contributed by atoms with E-state index in [1.165, 1.54) is 6.08 Å². The molecule has 0 saturated heterocycles. The summed E-state index contributed by atoms with van der Waals surface area (Å²) in [7, 11) is 0. The van der Waals surface area contributed by atoms with Gasteiger partial charge in [-0.15, -0.1) is 0 Å². The third kappa shape index (κ3) is 1.15. The summed E-state index contributed by atoms with van der Waals surface area (Å²) in [5.41, 5.74) is -0.924. The first-order valence-electron chi connectivity index (χ1n) is 2.67. The van der Waals surface area contributed by atoms with Gasteiger partial charge in [0.15, 0.2) is 0 Å². The molecule has 0 bridgehead atoms. The molecule has 0 amide bonds. The van der Waals surface area contributed by atoms with Crippen molar-refractivity contribution in [1.29, 1.82) is 0 Å². The minimum absolute atomic E-state index is 0.00512. The predicted octanol–water partition coefficient (Wildman–Crippen LogP) is 2.32. The maximum Gasteiger partial charge on any atom is 0.419 e. The van der Waals surface area contributed by atoms with Crippen LogP contribution in [0.2, 0.25) is 0 Å². The Kier molecular flexibility index (Phi) is 1.46. The molecule has 0 aromatic rings. The second-order valence-corrected chi connectivity index (χ2v) is 1.96. The summed E-state index contributed by atoms with van der Waals surface area (Å²) >= 11 is 0. The Morgan fingerprint density at radius 3 is 2.20 bits per heavy atom. The lowest BCUT2D eigenvalue weighted by Gasteiger charge is -2.05. The first-order chi connectivity index (χ1) is 4.52.